The van der Waals surface area contributed by atoms with Gasteiger partial charge in [0.2, 0.25) is 0 Å². The van der Waals surface area contributed by atoms with Gasteiger partial charge in [0, 0.05) is 17.9 Å². The molecule has 3 heteroatoms. The molecule has 0 heterocycles. The van der Waals surface area contributed by atoms with Crippen molar-refractivity contribution in [1.29, 1.82) is 0 Å². The van der Waals surface area contributed by atoms with Crippen LogP contribution in [-0.2, 0) is 28.9 Å². The first kappa shape index (κ1) is 25.5. The number of hydrogen-bond donors (Lipinski definition) is 0. The maximum atomic E-state index is 13.4. The van der Waals surface area contributed by atoms with Gasteiger partial charge in [0.15, 0.2) is 5.78 Å². The fourth-order valence-electron chi connectivity index (χ4n) is 6.75. The van der Waals surface area contributed by atoms with E-state index in [1.165, 1.54) is 47.6 Å². The molecular formula is C32H40O3. The van der Waals surface area contributed by atoms with Gasteiger partial charge in [0.1, 0.15) is 11.6 Å². The summed E-state index contributed by atoms with van der Waals surface area (Å²) >= 11 is 0. The lowest BCUT2D eigenvalue weighted by molar-refractivity contribution is -0.129. The fraction of sp³-hybridized carbons (Fsp3) is 0.531. The molecule has 2 aromatic carbocycles. The lowest BCUT2D eigenvalue weighted by Gasteiger charge is -2.32. The number of aryl methyl sites for hydroxylation is 3. The van der Waals surface area contributed by atoms with Crippen LogP contribution in [-0.4, -0.2) is 17.3 Å². The van der Waals surface area contributed by atoms with Crippen LogP contribution >= 0.6 is 0 Å². The van der Waals surface area contributed by atoms with Gasteiger partial charge in [-0.05, 0) is 97.6 Å². The molecule has 0 fully saturated rings. The average molecular weight is 473 g/mol. The molecule has 2 aliphatic carbocycles. The molecule has 3 unspecified atom stereocenters. The Bertz CT molecular complexity index is 1130. The van der Waals surface area contributed by atoms with Crippen molar-refractivity contribution >= 4 is 17.3 Å². The second-order valence-electron chi connectivity index (χ2n) is 11.0. The predicted octanol–water partition coefficient (Wildman–Crippen LogP) is 7.28. The zero-order chi connectivity index (χ0) is 25.1. The van der Waals surface area contributed by atoms with Gasteiger partial charge in [-0.1, -0.05) is 57.0 Å². The van der Waals surface area contributed by atoms with Crippen molar-refractivity contribution in [3.8, 4) is 11.1 Å². The predicted molar refractivity (Wildman–Crippen MR) is 142 cm³/mol. The molecule has 186 valence electrons. The Morgan fingerprint density at radius 2 is 1.80 bits per heavy atom. The molecule has 0 spiro atoms. The largest absolute Gasteiger partial charge is 0.300 e. The lowest BCUT2D eigenvalue weighted by Crippen LogP contribution is -2.30. The van der Waals surface area contributed by atoms with Gasteiger partial charge in [-0.15, -0.1) is 0 Å². The number of ketones is 3. The van der Waals surface area contributed by atoms with Gasteiger partial charge < -0.3 is 0 Å². The molecule has 0 saturated carbocycles. The average Bonchev–Trinajstić information content (AvgIpc) is 3.27. The molecule has 4 rings (SSSR count). The van der Waals surface area contributed by atoms with E-state index >= 15 is 0 Å². The molecule has 2 aliphatic rings. The second kappa shape index (κ2) is 11.0. The Morgan fingerprint density at radius 1 is 1.03 bits per heavy atom. The molecule has 3 nitrogen and oxygen atoms in total. The highest BCUT2D eigenvalue weighted by atomic mass is 16.1. The SMILES string of the molecule is CCCC(CC1CC(=O)c2c(C)ccc(-c3ccc4c(c3)CCC4)c2C1)C(CC)C(=O)CC(C)=O. The van der Waals surface area contributed by atoms with Gasteiger partial charge in [0.25, 0.3) is 0 Å². The first-order valence-electron chi connectivity index (χ1n) is 13.6. The maximum Gasteiger partial charge on any atom is 0.163 e. The molecule has 35 heavy (non-hydrogen) atoms. The Kier molecular flexibility index (Phi) is 8.04. The number of carbonyl (C=O) groups is 3. The van der Waals surface area contributed by atoms with Gasteiger partial charge >= 0.3 is 0 Å². The lowest BCUT2D eigenvalue weighted by atomic mass is 9.71. The van der Waals surface area contributed by atoms with Crippen LogP contribution in [0.3, 0.4) is 0 Å². The quantitative estimate of drug-likeness (QED) is 0.342. The number of hydrogen-bond acceptors (Lipinski definition) is 3. The van der Waals surface area contributed by atoms with Crippen LogP contribution in [0.4, 0.5) is 0 Å². The molecule has 2 aromatic rings. The zero-order valence-electron chi connectivity index (χ0n) is 21.9. The van der Waals surface area contributed by atoms with Crippen molar-refractivity contribution < 1.29 is 14.4 Å². The summed E-state index contributed by atoms with van der Waals surface area (Å²) in [5.74, 6) is 0.639. The Balaban J connectivity index is 1.64. The smallest absolute Gasteiger partial charge is 0.163 e. The zero-order valence-corrected chi connectivity index (χ0v) is 21.9. The van der Waals surface area contributed by atoms with E-state index in [2.05, 4.69) is 51.1 Å². The third-order valence-corrected chi connectivity index (χ3v) is 8.32. The third-order valence-electron chi connectivity index (χ3n) is 8.32. The summed E-state index contributed by atoms with van der Waals surface area (Å²) in [7, 11) is 0. The van der Waals surface area contributed by atoms with Crippen LogP contribution in [0.5, 0.6) is 0 Å². The second-order valence-corrected chi connectivity index (χ2v) is 11.0. The molecular weight excluding hydrogens is 432 g/mol. The van der Waals surface area contributed by atoms with Gasteiger partial charge in [-0.3, -0.25) is 14.4 Å². The van der Waals surface area contributed by atoms with E-state index in [9.17, 15) is 14.4 Å². The van der Waals surface area contributed by atoms with Crippen molar-refractivity contribution in [2.24, 2.45) is 17.8 Å². The van der Waals surface area contributed by atoms with Gasteiger partial charge in [0.05, 0.1) is 6.42 Å². The summed E-state index contributed by atoms with van der Waals surface area (Å²) in [5, 5.41) is 0. The standard InChI is InChI=1S/C32H40O3/c1-5-8-25(27(6-2)30(34)15-21(4)33)16-22-17-29-28(14-11-20(3)32(29)31(35)18-22)26-13-12-23-9-7-10-24(23)19-26/h11-14,19,22,25,27H,5-10,15-18H2,1-4H3. The van der Waals surface area contributed by atoms with Crippen LogP contribution in [0.1, 0.15) is 98.3 Å². The number of fused-ring (bicyclic) bond motifs is 2. The number of Topliss-reactive ketones (excluding diaryl/α,β-unsaturated/α-hetero) is 3. The van der Waals surface area contributed by atoms with E-state index in [0.29, 0.717) is 6.42 Å². The van der Waals surface area contributed by atoms with E-state index in [-0.39, 0.29) is 41.5 Å². The van der Waals surface area contributed by atoms with Crippen LogP contribution in [0, 0.1) is 24.7 Å². The van der Waals surface area contributed by atoms with Crippen LogP contribution in [0.25, 0.3) is 11.1 Å². The Labute approximate surface area is 210 Å². The Hall–Kier alpha value is -2.55. The molecule has 0 aliphatic heterocycles. The molecule has 3 atom stereocenters. The maximum absolute atomic E-state index is 13.4. The van der Waals surface area contributed by atoms with E-state index in [1.54, 1.807) is 0 Å². The molecule has 0 radical (unpaired) electrons. The van der Waals surface area contributed by atoms with Crippen molar-refractivity contribution in [3.05, 3.63) is 58.1 Å². The van der Waals surface area contributed by atoms with Crippen LogP contribution in [0.15, 0.2) is 30.3 Å². The van der Waals surface area contributed by atoms with Gasteiger partial charge in [-0.2, -0.15) is 0 Å². The summed E-state index contributed by atoms with van der Waals surface area (Å²) in [6, 6.07) is 11.2. The minimum Gasteiger partial charge on any atom is -0.300 e. The first-order valence-corrected chi connectivity index (χ1v) is 13.6. The molecule has 0 saturated heterocycles. The molecule has 0 aromatic heterocycles. The van der Waals surface area contributed by atoms with Crippen molar-refractivity contribution in [3.63, 3.8) is 0 Å². The Morgan fingerprint density at radius 3 is 2.51 bits per heavy atom. The summed E-state index contributed by atoms with van der Waals surface area (Å²) in [6.45, 7) is 7.77. The molecule has 0 N–H and O–H groups in total. The molecule has 0 amide bonds. The summed E-state index contributed by atoms with van der Waals surface area (Å²) in [5.41, 5.74) is 8.53. The summed E-state index contributed by atoms with van der Waals surface area (Å²) < 4.78 is 0. The minimum atomic E-state index is -0.0935. The highest BCUT2D eigenvalue weighted by molar-refractivity contribution is 6.02. The monoisotopic (exact) mass is 472 g/mol. The topological polar surface area (TPSA) is 51.2 Å². The van der Waals surface area contributed by atoms with E-state index in [1.807, 2.05) is 0 Å². The highest BCUT2D eigenvalue weighted by Gasteiger charge is 2.34. The van der Waals surface area contributed by atoms with E-state index in [0.717, 1.165) is 49.7 Å². The minimum absolute atomic E-state index is 0.0345. The first-order chi connectivity index (χ1) is 16.8. The number of rotatable bonds is 10. The molecule has 0 bridgehead atoms. The van der Waals surface area contributed by atoms with Crippen LogP contribution in [0.2, 0.25) is 0 Å². The van der Waals surface area contributed by atoms with Crippen molar-refractivity contribution in [2.75, 3.05) is 0 Å². The highest BCUT2D eigenvalue weighted by Crippen LogP contribution is 2.40. The van der Waals surface area contributed by atoms with Crippen LogP contribution < -0.4 is 0 Å². The summed E-state index contributed by atoms with van der Waals surface area (Å²) in [6.07, 6.45) is 8.61. The normalized spacial score (nSPS) is 18.6. The number of carbonyl (C=O) groups excluding carboxylic acids is 3. The van der Waals surface area contributed by atoms with E-state index in [4.69, 9.17) is 0 Å². The van der Waals surface area contributed by atoms with Crippen molar-refractivity contribution in [2.45, 2.75) is 91.9 Å². The summed E-state index contributed by atoms with van der Waals surface area (Å²) in [4.78, 5) is 38.0. The fourth-order valence-corrected chi connectivity index (χ4v) is 6.75. The third kappa shape index (κ3) is 5.50. The van der Waals surface area contributed by atoms with Crippen molar-refractivity contribution in [1.82, 2.24) is 0 Å². The number of benzene rings is 2. The van der Waals surface area contributed by atoms with Gasteiger partial charge in [-0.25, -0.2) is 0 Å². The van der Waals surface area contributed by atoms with E-state index < -0.39 is 0 Å².